The fourth-order valence-corrected chi connectivity index (χ4v) is 9.83. The molecule has 264 valence electrons. The summed E-state index contributed by atoms with van der Waals surface area (Å²) in [6.07, 6.45) is 19.6. The van der Waals surface area contributed by atoms with E-state index in [0.29, 0.717) is 5.92 Å². The molecule has 2 heteroatoms. The van der Waals surface area contributed by atoms with Crippen LogP contribution in [0.2, 0.25) is 0 Å². The van der Waals surface area contributed by atoms with Gasteiger partial charge in [-0.05, 0) is 133 Å². The molecule has 0 amide bonds. The molecular formula is C53H42N2. The number of nitrogens with one attached hydrogen (secondary N) is 1. The van der Waals surface area contributed by atoms with E-state index in [4.69, 9.17) is 0 Å². The average molecular weight is 707 g/mol. The molecule has 0 bridgehead atoms. The minimum Gasteiger partial charge on any atom is -0.363 e. The second-order valence-corrected chi connectivity index (χ2v) is 15.4. The van der Waals surface area contributed by atoms with Crippen molar-refractivity contribution >= 4 is 38.0 Å². The molecule has 11 rings (SSSR count). The molecule has 2 unspecified atom stereocenters. The maximum absolute atomic E-state index is 3.90. The number of anilines is 1. The standard InChI is InChI=1S/C53H42N2/c1-2-18-40(19-3-1)55-50-27-11-10-26-49(50)54-53(55)38-30-28-35(29-31-38)39-32-33-47-48(34-39)52(44-25-13-17-37-15-5-7-21-42(37)44)46-23-9-8-22-45(46)51(47)43-24-12-16-36-14-4-6-20-41(36)43/h1-3,5-9,11-13,15-23,25,27-34,43,53-54H,4,10,14,24,26H2. The van der Waals surface area contributed by atoms with Crippen LogP contribution in [0.3, 0.4) is 0 Å². The SMILES string of the molecule is C1=CC2=C(C=CCC2c2c3ccccc3c(-c3cccc4ccccc34)c3cc(-c4ccc(C5NC6=C(C=CCC6)N5c5ccccc5)cc4)ccc23)CC1. The van der Waals surface area contributed by atoms with Gasteiger partial charge >= 0.3 is 0 Å². The first-order chi connectivity index (χ1) is 27.3. The van der Waals surface area contributed by atoms with Crippen molar-refractivity contribution in [3.63, 3.8) is 0 Å². The molecule has 0 saturated carbocycles. The molecule has 1 aliphatic heterocycles. The van der Waals surface area contributed by atoms with E-state index < -0.39 is 0 Å². The fraction of sp³-hybridized carbons (Fsp3) is 0.132. The van der Waals surface area contributed by atoms with Gasteiger partial charge < -0.3 is 10.2 Å². The number of benzene rings is 7. The van der Waals surface area contributed by atoms with Crippen molar-refractivity contribution in [2.75, 3.05) is 4.90 Å². The Morgan fingerprint density at radius 1 is 0.545 bits per heavy atom. The van der Waals surface area contributed by atoms with E-state index in [9.17, 15) is 0 Å². The topological polar surface area (TPSA) is 15.3 Å². The second-order valence-electron chi connectivity index (χ2n) is 15.4. The quantitative estimate of drug-likeness (QED) is 0.179. The summed E-state index contributed by atoms with van der Waals surface area (Å²) < 4.78 is 0. The molecule has 2 nitrogen and oxygen atoms in total. The minimum absolute atomic E-state index is 0.0465. The van der Waals surface area contributed by atoms with Crippen LogP contribution in [0.5, 0.6) is 0 Å². The Morgan fingerprint density at radius 3 is 2.16 bits per heavy atom. The predicted molar refractivity (Wildman–Crippen MR) is 232 cm³/mol. The van der Waals surface area contributed by atoms with Crippen molar-refractivity contribution in [1.82, 2.24) is 5.32 Å². The summed E-state index contributed by atoms with van der Waals surface area (Å²) >= 11 is 0. The second kappa shape index (κ2) is 13.2. The van der Waals surface area contributed by atoms with Gasteiger partial charge in [-0.25, -0.2) is 0 Å². The Hall–Kier alpha value is -6.38. The molecule has 1 N–H and O–H groups in total. The molecule has 4 aliphatic rings. The zero-order valence-corrected chi connectivity index (χ0v) is 30.9. The largest absolute Gasteiger partial charge is 0.363 e. The summed E-state index contributed by atoms with van der Waals surface area (Å²) in [6.45, 7) is 0. The molecule has 0 aromatic heterocycles. The third kappa shape index (κ3) is 5.31. The summed E-state index contributed by atoms with van der Waals surface area (Å²) in [5.74, 6) is 0.316. The number of hydrogen-bond acceptors (Lipinski definition) is 2. The van der Waals surface area contributed by atoms with Crippen LogP contribution >= 0.6 is 0 Å². The van der Waals surface area contributed by atoms with E-state index in [2.05, 4.69) is 186 Å². The van der Waals surface area contributed by atoms with Gasteiger partial charge in [-0.2, -0.15) is 0 Å². The van der Waals surface area contributed by atoms with Gasteiger partial charge in [0, 0.05) is 17.3 Å². The number of hydrogen-bond donors (Lipinski definition) is 1. The molecule has 3 aliphatic carbocycles. The van der Waals surface area contributed by atoms with E-state index in [-0.39, 0.29) is 6.17 Å². The van der Waals surface area contributed by atoms with E-state index in [1.807, 2.05) is 0 Å². The smallest absolute Gasteiger partial charge is 0.130 e. The number of fused-ring (bicyclic) bond motifs is 3. The lowest BCUT2D eigenvalue weighted by molar-refractivity contribution is 0.634. The van der Waals surface area contributed by atoms with Gasteiger partial charge in [0.25, 0.3) is 0 Å². The highest BCUT2D eigenvalue weighted by Gasteiger charge is 2.33. The van der Waals surface area contributed by atoms with Crippen molar-refractivity contribution in [2.24, 2.45) is 0 Å². The first kappa shape index (κ1) is 32.1. The summed E-state index contributed by atoms with van der Waals surface area (Å²) in [4.78, 5) is 2.46. The van der Waals surface area contributed by atoms with Gasteiger partial charge in [0.1, 0.15) is 6.17 Å². The normalized spacial score (nSPS) is 19.0. The Kier molecular flexibility index (Phi) is 7.69. The van der Waals surface area contributed by atoms with Crippen LogP contribution in [0.4, 0.5) is 5.69 Å². The lowest BCUT2D eigenvalue weighted by atomic mass is 9.74. The molecule has 1 heterocycles. The van der Waals surface area contributed by atoms with Crippen LogP contribution in [-0.2, 0) is 0 Å². The fourth-order valence-electron chi connectivity index (χ4n) is 9.83. The van der Waals surface area contributed by atoms with Gasteiger partial charge in [0.05, 0.1) is 5.70 Å². The maximum Gasteiger partial charge on any atom is 0.130 e. The highest BCUT2D eigenvalue weighted by atomic mass is 15.3. The zero-order valence-electron chi connectivity index (χ0n) is 30.9. The maximum atomic E-state index is 3.90. The highest BCUT2D eigenvalue weighted by molar-refractivity contribution is 6.19. The Balaban J connectivity index is 1.09. The number of nitrogens with zero attached hydrogens (tertiary/aromatic N) is 1. The highest BCUT2D eigenvalue weighted by Crippen LogP contribution is 2.49. The molecule has 7 aromatic rings. The molecule has 0 saturated heterocycles. The van der Waals surface area contributed by atoms with Gasteiger partial charge in [0.2, 0.25) is 0 Å². The van der Waals surface area contributed by atoms with Crippen LogP contribution in [0.25, 0.3) is 54.6 Å². The Bertz CT molecular complexity index is 2810. The van der Waals surface area contributed by atoms with Crippen molar-refractivity contribution in [3.05, 3.63) is 210 Å². The van der Waals surface area contributed by atoms with Crippen molar-refractivity contribution in [3.8, 4) is 22.3 Å². The van der Waals surface area contributed by atoms with Crippen LogP contribution in [0, 0.1) is 0 Å². The monoisotopic (exact) mass is 706 g/mol. The lowest BCUT2D eigenvalue weighted by Crippen LogP contribution is -2.28. The number of para-hydroxylation sites is 1. The molecular weight excluding hydrogens is 665 g/mol. The zero-order chi connectivity index (χ0) is 36.3. The third-order valence-electron chi connectivity index (χ3n) is 12.4. The van der Waals surface area contributed by atoms with Gasteiger partial charge in [0.15, 0.2) is 0 Å². The Labute approximate surface area is 323 Å². The number of allylic oxidation sites excluding steroid dienone is 9. The van der Waals surface area contributed by atoms with Crippen molar-refractivity contribution in [1.29, 1.82) is 0 Å². The lowest BCUT2D eigenvalue weighted by Gasteiger charge is -2.29. The summed E-state index contributed by atoms with van der Waals surface area (Å²) in [7, 11) is 0. The van der Waals surface area contributed by atoms with Crippen LogP contribution in [0.15, 0.2) is 199 Å². The van der Waals surface area contributed by atoms with Gasteiger partial charge in [-0.3, -0.25) is 0 Å². The molecule has 0 fully saturated rings. The van der Waals surface area contributed by atoms with E-state index in [1.54, 1.807) is 0 Å². The molecule has 55 heavy (non-hydrogen) atoms. The first-order valence-electron chi connectivity index (χ1n) is 19.9. The van der Waals surface area contributed by atoms with Crippen molar-refractivity contribution in [2.45, 2.75) is 44.2 Å². The average Bonchev–Trinajstić information content (AvgIpc) is 3.65. The number of rotatable bonds is 5. The van der Waals surface area contributed by atoms with Crippen LogP contribution < -0.4 is 10.2 Å². The summed E-state index contributed by atoms with van der Waals surface area (Å²) in [6, 6.07) is 52.2. The first-order valence-corrected chi connectivity index (χ1v) is 19.9. The van der Waals surface area contributed by atoms with Gasteiger partial charge in [-0.15, -0.1) is 0 Å². The van der Waals surface area contributed by atoms with E-state index in [0.717, 1.165) is 32.1 Å². The van der Waals surface area contributed by atoms with E-state index >= 15 is 0 Å². The minimum atomic E-state index is 0.0465. The van der Waals surface area contributed by atoms with Crippen LogP contribution in [-0.4, -0.2) is 0 Å². The predicted octanol–water partition coefficient (Wildman–Crippen LogP) is 13.8. The Morgan fingerprint density at radius 2 is 1.27 bits per heavy atom. The van der Waals surface area contributed by atoms with Gasteiger partial charge in [-0.1, -0.05) is 152 Å². The molecule has 7 aromatic carbocycles. The molecule has 0 spiro atoms. The van der Waals surface area contributed by atoms with Crippen LogP contribution in [0.1, 0.15) is 55.3 Å². The summed E-state index contributed by atoms with van der Waals surface area (Å²) in [5, 5.41) is 11.8. The van der Waals surface area contributed by atoms with Crippen molar-refractivity contribution < 1.29 is 0 Å². The summed E-state index contributed by atoms with van der Waals surface area (Å²) in [5.41, 5.74) is 14.6. The molecule has 0 radical (unpaired) electrons. The third-order valence-corrected chi connectivity index (χ3v) is 12.4. The molecule has 2 atom stereocenters. The van der Waals surface area contributed by atoms with E-state index in [1.165, 1.54) is 93.9 Å².